The molecule has 3 aromatic rings. The first-order valence-corrected chi connectivity index (χ1v) is 11.6. The zero-order chi connectivity index (χ0) is 23.2. The van der Waals surface area contributed by atoms with Crippen molar-refractivity contribution in [1.29, 1.82) is 0 Å². The molecule has 0 saturated carbocycles. The molecule has 33 heavy (non-hydrogen) atoms. The Morgan fingerprint density at radius 3 is 2.48 bits per heavy atom. The fourth-order valence-corrected chi connectivity index (χ4v) is 4.65. The Kier molecular flexibility index (Phi) is 7.21. The molecule has 1 saturated heterocycles. The number of hydrogen-bond acceptors (Lipinski definition) is 7. The minimum atomic E-state index is -0.454. The van der Waals surface area contributed by atoms with Crippen LogP contribution in [0.15, 0.2) is 59.2 Å². The molecule has 1 aromatic carbocycles. The molecule has 0 aliphatic carbocycles. The molecule has 1 aliphatic heterocycles. The fourth-order valence-electron chi connectivity index (χ4n) is 3.63. The maximum Gasteiger partial charge on any atom is 0.350 e. The molecule has 0 unspecified atom stereocenters. The summed E-state index contributed by atoms with van der Waals surface area (Å²) in [6.07, 6.45) is 1.48. The number of carbonyl (C=O) groups excluding carboxylic acids is 3. The molecule has 2 aromatic heterocycles. The third kappa shape index (κ3) is 5.50. The molecule has 0 spiro atoms. The molecule has 3 heterocycles. The Bertz CT molecular complexity index is 1100. The van der Waals surface area contributed by atoms with Crippen molar-refractivity contribution in [3.05, 3.63) is 65.4 Å². The van der Waals surface area contributed by atoms with Gasteiger partial charge in [0.05, 0.1) is 25.1 Å². The van der Waals surface area contributed by atoms with Gasteiger partial charge in [0.15, 0.2) is 5.76 Å². The van der Waals surface area contributed by atoms with E-state index in [0.717, 1.165) is 10.4 Å². The summed E-state index contributed by atoms with van der Waals surface area (Å²) in [5, 5.41) is 2.88. The van der Waals surface area contributed by atoms with Crippen LogP contribution in [-0.4, -0.2) is 66.9 Å². The lowest BCUT2D eigenvalue weighted by Crippen LogP contribution is -2.50. The van der Waals surface area contributed by atoms with Crippen LogP contribution in [0.1, 0.15) is 27.2 Å². The molecule has 1 fully saturated rings. The van der Waals surface area contributed by atoms with E-state index in [1.807, 2.05) is 41.3 Å². The van der Waals surface area contributed by atoms with Crippen molar-refractivity contribution in [1.82, 2.24) is 9.80 Å². The molecule has 172 valence electrons. The maximum absolute atomic E-state index is 12.8. The van der Waals surface area contributed by atoms with E-state index in [9.17, 15) is 14.4 Å². The second kappa shape index (κ2) is 10.5. The number of esters is 1. The maximum atomic E-state index is 12.8. The number of hydrogen-bond donors (Lipinski definition) is 1. The lowest BCUT2D eigenvalue weighted by molar-refractivity contribution is -0.117. The van der Waals surface area contributed by atoms with Crippen molar-refractivity contribution >= 4 is 34.8 Å². The van der Waals surface area contributed by atoms with Gasteiger partial charge in [-0.2, -0.15) is 0 Å². The number of rotatable bonds is 7. The minimum Gasteiger partial charge on any atom is -0.462 e. The molecular formula is C24H25N3O5S. The first-order chi connectivity index (χ1) is 16.0. The highest BCUT2D eigenvalue weighted by Gasteiger charge is 2.25. The molecule has 0 bridgehead atoms. The van der Waals surface area contributed by atoms with E-state index in [-0.39, 0.29) is 25.0 Å². The second-order valence-electron chi connectivity index (χ2n) is 7.53. The summed E-state index contributed by atoms with van der Waals surface area (Å²) in [6, 6.07) is 14.8. The van der Waals surface area contributed by atoms with Crippen LogP contribution in [0.5, 0.6) is 0 Å². The van der Waals surface area contributed by atoms with Crippen LogP contribution < -0.4 is 5.32 Å². The Morgan fingerprint density at radius 2 is 1.82 bits per heavy atom. The number of thiophene rings is 1. The lowest BCUT2D eigenvalue weighted by Gasteiger charge is -2.33. The van der Waals surface area contributed by atoms with Gasteiger partial charge in [0.2, 0.25) is 5.91 Å². The first kappa shape index (κ1) is 22.8. The van der Waals surface area contributed by atoms with Crippen LogP contribution >= 0.6 is 11.3 Å². The van der Waals surface area contributed by atoms with Crippen molar-refractivity contribution in [3.8, 4) is 10.4 Å². The minimum absolute atomic E-state index is 0.144. The highest BCUT2D eigenvalue weighted by Crippen LogP contribution is 2.35. The van der Waals surface area contributed by atoms with Crippen LogP contribution in [0, 0.1) is 0 Å². The summed E-state index contributed by atoms with van der Waals surface area (Å²) in [5.74, 6) is -0.497. The van der Waals surface area contributed by atoms with Crippen molar-refractivity contribution in [3.63, 3.8) is 0 Å². The number of nitrogens with one attached hydrogen (secondary N) is 1. The smallest absolute Gasteiger partial charge is 0.350 e. The average Bonchev–Trinajstić information content (AvgIpc) is 3.50. The van der Waals surface area contributed by atoms with Crippen molar-refractivity contribution in [2.45, 2.75) is 6.92 Å². The number of anilines is 1. The fraction of sp³-hybridized carbons (Fsp3) is 0.292. The molecule has 4 rings (SSSR count). The Hall–Kier alpha value is -3.43. The molecule has 1 N–H and O–H groups in total. The highest BCUT2D eigenvalue weighted by atomic mass is 32.1. The third-order valence-corrected chi connectivity index (χ3v) is 6.45. The lowest BCUT2D eigenvalue weighted by atomic mass is 10.2. The summed E-state index contributed by atoms with van der Waals surface area (Å²) in [7, 11) is 0. The molecule has 1 aliphatic rings. The number of nitrogens with zero attached hydrogens (tertiary/aromatic N) is 2. The summed E-state index contributed by atoms with van der Waals surface area (Å²) < 4.78 is 10.4. The quantitative estimate of drug-likeness (QED) is 0.534. The summed E-state index contributed by atoms with van der Waals surface area (Å²) in [4.78, 5) is 42.6. The van der Waals surface area contributed by atoms with Crippen molar-refractivity contribution < 1.29 is 23.5 Å². The normalized spacial score (nSPS) is 14.2. The SMILES string of the molecule is CCOC(=O)c1sc(-c2ccccc2)cc1NC(=O)CN1CCN(C(=O)c2ccco2)CC1. The molecule has 2 amide bonds. The number of furan rings is 1. The second-order valence-corrected chi connectivity index (χ2v) is 8.59. The van der Waals surface area contributed by atoms with Gasteiger partial charge in [0, 0.05) is 31.1 Å². The number of piperazine rings is 1. The molecule has 8 nitrogen and oxygen atoms in total. The molecule has 0 atom stereocenters. The van der Waals surface area contributed by atoms with Crippen LogP contribution in [0.4, 0.5) is 5.69 Å². The van der Waals surface area contributed by atoms with E-state index in [1.54, 1.807) is 24.0 Å². The third-order valence-electron chi connectivity index (χ3n) is 5.28. The average molecular weight is 468 g/mol. The van der Waals surface area contributed by atoms with E-state index in [2.05, 4.69) is 5.32 Å². The Labute approximate surface area is 195 Å². The predicted octanol–water partition coefficient (Wildman–Crippen LogP) is 3.58. The summed E-state index contributed by atoms with van der Waals surface area (Å²) in [5.41, 5.74) is 1.42. The number of amides is 2. The Morgan fingerprint density at radius 1 is 1.06 bits per heavy atom. The Balaban J connectivity index is 1.38. The van der Waals surface area contributed by atoms with Gasteiger partial charge >= 0.3 is 5.97 Å². The topological polar surface area (TPSA) is 92.1 Å². The summed E-state index contributed by atoms with van der Waals surface area (Å²) in [6.45, 7) is 4.34. The monoisotopic (exact) mass is 467 g/mol. The standard InChI is InChI=1S/C24H25N3O5S/c1-2-31-24(30)22-18(15-20(33-22)17-7-4-3-5-8-17)25-21(28)16-26-10-12-27(13-11-26)23(29)19-9-6-14-32-19/h3-9,14-15H,2,10-13,16H2,1H3,(H,25,28). The van der Waals surface area contributed by atoms with E-state index >= 15 is 0 Å². The van der Waals surface area contributed by atoms with Crippen molar-refractivity contribution in [2.75, 3.05) is 44.6 Å². The van der Waals surface area contributed by atoms with E-state index in [0.29, 0.717) is 42.5 Å². The van der Waals surface area contributed by atoms with Gasteiger partial charge < -0.3 is 19.4 Å². The van der Waals surface area contributed by atoms with Gasteiger partial charge in [-0.25, -0.2) is 4.79 Å². The zero-order valence-corrected chi connectivity index (χ0v) is 19.1. The zero-order valence-electron chi connectivity index (χ0n) is 18.3. The first-order valence-electron chi connectivity index (χ1n) is 10.8. The van der Waals surface area contributed by atoms with Gasteiger partial charge in [-0.3, -0.25) is 14.5 Å². The van der Waals surface area contributed by atoms with Gasteiger partial charge in [0.1, 0.15) is 4.88 Å². The van der Waals surface area contributed by atoms with Crippen LogP contribution in [0.3, 0.4) is 0 Å². The molecular weight excluding hydrogens is 442 g/mol. The van der Waals surface area contributed by atoms with Crippen molar-refractivity contribution in [2.24, 2.45) is 0 Å². The summed E-state index contributed by atoms with van der Waals surface area (Å²) >= 11 is 1.29. The van der Waals surface area contributed by atoms with Gasteiger partial charge in [-0.05, 0) is 30.7 Å². The largest absolute Gasteiger partial charge is 0.462 e. The number of ether oxygens (including phenoxy) is 1. The van der Waals surface area contributed by atoms with Gasteiger partial charge in [-0.1, -0.05) is 30.3 Å². The predicted molar refractivity (Wildman–Crippen MR) is 125 cm³/mol. The van der Waals surface area contributed by atoms with Crippen LogP contribution in [-0.2, 0) is 9.53 Å². The molecule has 9 heteroatoms. The van der Waals surface area contributed by atoms with E-state index in [1.165, 1.54) is 17.6 Å². The van der Waals surface area contributed by atoms with Gasteiger partial charge in [0.25, 0.3) is 5.91 Å². The highest BCUT2D eigenvalue weighted by molar-refractivity contribution is 7.18. The molecule has 0 radical (unpaired) electrons. The van der Waals surface area contributed by atoms with Gasteiger partial charge in [-0.15, -0.1) is 11.3 Å². The number of benzene rings is 1. The van der Waals surface area contributed by atoms with Crippen LogP contribution in [0.25, 0.3) is 10.4 Å². The van der Waals surface area contributed by atoms with E-state index < -0.39 is 5.97 Å². The van der Waals surface area contributed by atoms with E-state index in [4.69, 9.17) is 9.15 Å². The number of carbonyl (C=O) groups is 3. The van der Waals surface area contributed by atoms with Crippen LogP contribution in [0.2, 0.25) is 0 Å².